The van der Waals surface area contributed by atoms with Crippen molar-refractivity contribution in [2.24, 2.45) is 0 Å². The van der Waals surface area contributed by atoms with Gasteiger partial charge < -0.3 is 15.2 Å². The van der Waals surface area contributed by atoms with Crippen molar-refractivity contribution >= 4 is 23.4 Å². The molecule has 128 valence electrons. The van der Waals surface area contributed by atoms with Crippen LogP contribution in [0.1, 0.15) is 44.5 Å². The van der Waals surface area contributed by atoms with E-state index in [4.69, 9.17) is 4.74 Å². The van der Waals surface area contributed by atoms with E-state index in [0.29, 0.717) is 13.1 Å². The van der Waals surface area contributed by atoms with E-state index in [2.05, 4.69) is 5.32 Å². The first-order valence-corrected chi connectivity index (χ1v) is 8.64. The van der Waals surface area contributed by atoms with Crippen LogP contribution in [0, 0.1) is 0 Å². The quantitative estimate of drug-likeness (QED) is 0.881. The van der Waals surface area contributed by atoms with Crippen LogP contribution in [-0.2, 0) is 9.53 Å². The van der Waals surface area contributed by atoms with Crippen molar-refractivity contribution in [1.29, 1.82) is 0 Å². The highest BCUT2D eigenvalue weighted by atomic mass is 32.1. The number of carbonyl (C=O) groups is 2. The second-order valence-corrected chi connectivity index (χ2v) is 7.72. The second kappa shape index (κ2) is 7.31. The van der Waals surface area contributed by atoms with Crippen LogP contribution in [0.4, 0.5) is 4.79 Å². The van der Waals surface area contributed by atoms with Crippen molar-refractivity contribution in [3.8, 4) is 0 Å². The minimum Gasteiger partial charge on any atom is -0.480 e. The van der Waals surface area contributed by atoms with Crippen molar-refractivity contribution < 1.29 is 19.4 Å². The molecule has 2 atom stereocenters. The van der Waals surface area contributed by atoms with Gasteiger partial charge in [-0.15, -0.1) is 11.3 Å². The number of carboxylic acids is 1. The molecule has 2 N–H and O–H groups in total. The molecule has 0 unspecified atom stereocenters. The van der Waals surface area contributed by atoms with Crippen molar-refractivity contribution in [3.63, 3.8) is 0 Å². The molecule has 0 aromatic carbocycles. The van der Waals surface area contributed by atoms with E-state index < -0.39 is 23.7 Å². The summed E-state index contributed by atoms with van der Waals surface area (Å²) in [7, 11) is 0. The van der Waals surface area contributed by atoms with E-state index in [-0.39, 0.29) is 6.04 Å². The van der Waals surface area contributed by atoms with Crippen LogP contribution in [0.5, 0.6) is 0 Å². The highest BCUT2D eigenvalue weighted by Crippen LogP contribution is 2.28. The van der Waals surface area contributed by atoms with Gasteiger partial charge in [-0.05, 0) is 51.6 Å². The van der Waals surface area contributed by atoms with Crippen LogP contribution in [0.2, 0.25) is 0 Å². The molecular formula is C16H24N2O4S. The number of thiophene rings is 1. The Morgan fingerprint density at radius 3 is 2.78 bits per heavy atom. The summed E-state index contributed by atoms with van der Waals surface area (Å²) in [4.78, 5) is 26.3. The van der Waals surface area contributed by atoms with E-state index in [1.54, 1.807) is 0 Å². The Labute approximate surface area is 140 Å². The van der Waals surface area contributed by atoms with Gasteiger partial charge in [0.05, 0.1) is 0 Å². The first-order valence-electron chi connectivity index (χ1n) is 7.76. The van der Waals surface area contributed by atoms with Gasteiger partial charge in [0.15, 0.2) is 0 Å². The van der Waals surface area contributed by atoms with E-state index in [0.717, 1.165) is 17.7 Å². The highest BCUT2D eigenvalue weighted by Gasteiger charge is 2.33. The molecule has 0 radical (unpaired) electrons. The van der Waals surface area contributed by atoms with Crippen LogP contribution in [0.25, 0.3) is 0 Å². The summed E-state index contributed by atoms with van der Waals surface area (Å²) in [6.07, 6.45) is 1.22. The van der Waals surface area contributed by atoms with Gasteiger partial charge in [-0.25, -0.2) is 4.79 Å². The molecular weight excluding hydrogens is 316 g/mol. The van der Waals surface area contributed by atoms with Crippen LogP contribution < -0.4 is 5.32 Å². The SMILES string of the molecule is CC(C)(C)OC(=O)N[C@@H]1CCCN([C@@H](C(=O)O)c2cccs2)C1. The number of aliphatic carboxylic acids is 1. The largest absolute Gasteiger partial charge is 0.480 e. The minimum absolute atomic E-state index is 0.0968. The van der Waals surface area contributed by atoms with Gasteiger partial charge >= 0.3 is 12.1 Å². The fraction of sp³-hybridized carbons (Fsp3) is 0.625. The summed E-state index contributed by atoms with van der Waals surface area (Å²) in [5.74, 6) is -0.856. The number of alkyl carbamates (subject to hydrolysis) is 1. The Morgan fingerprint density at radius 2 is 2.22 bits per heavy atom. The number of ether oxygens (including phenoxy) is 1. The number of nitrogens with zero attached hydrogens (tertiary/aromatic N) is 1. The highest BCUT2D eigenvalue weighted by molar-refractivity contribution is 7.10. The number of amides is 1. The first kappa shape index (κ1) is 17.7. The lowest BCUT2D eigenvalue weighted by atomic mass is 10.0. The molecule has 1 aromatic heterocycles. The third kappa shape index (κ3) is 5.21. The Bertz CT molecular complexity index is 539. The molecule has 6 nitrogen and oxygen atoms in total. The third-order valence-corrected chi connectivity index (χ3v) is 4.51. The van der Waals surface area contributed by atoms with Crippen LogP contribution in [0.3, 0.4) is 0 Å². The van der Waals surface area contributed by atoms with Gasteiger partial charge in [0.1, 0.15) is 11.6 Å². The minimum atomic E-state index is -0.856. The van der Waals surface area contributed by atoms with Crippen molar-refractivity contribution in [1.82, 2.24) is 10.2 Å². The molecule has 1 aliphatic heterocycles. The predicted molar refractivity (Wildman–Crippen MR) is 88.7 cm³/mol. The monoisotopic (exact) mass is 340 g/mol. The van der Waals surface area contributed by atoms with Gasteiger partial charge in [0.2, 0.25) is 0 Å². The van der Waals surface area contributed by atoms with E-state index in [9.17, 15) is 14.7 Å². The van der Waals surface area contributed by atoms with Crippen molar-refractivity contribution in [2.75, 3.05) is 13.1 Å². The molecule has 7 heteroatoms. The Balaban J connectivity index is 1.99. The number of piperidine rings is 1. The Kier molecular flexibility index (Phi) is 5.64. The van der Waals surface area contributed by atoms with Gasteiger partial charge in [0.25, 0.3) is 0 Å². The van der Waals surface area contributed by atoms with Crippen molar-refractivity contribution in [3.05, 3.63) is 22.4 Å². The summed E-state index contributed by atoms with van der Waals surface area (Å²) in [6, 6.07) is 2.95. The van der Waals surface area contributed by atoms with Gasteiger partial charge in [-0.2, -0.15) is 0 Å². The summed E-state index contributed by atoms with van der Waals surface area (Å²) in [5, 5.41) is 14.3. The number of hydrogen-bond acceptors (Lipinski definition) is 5. The van der Waals surface area contributed by atoms with Crippen LogP contribution in [-0.4, -0.2) is 46.8 Å². The molecule has 1 aromatic rings. The molecule has 1 amide bonds. The average Bonchev–Trinajstić information content (AvgIpc) is 2.90. The summed E-state index contributed by atoms with van der Waals surface area (Å²) < 4.78 is 5.27. The predicted octanol–water partition coefficient (Wildman–Crippen LogP) is 2.86. The fourth-order valence-electron chi connectivity index (χ4n) is 2.74. The van der Waals surface area contributed by atoms with Crippen LogP contribution in [0.15, 0.2) is 17.5 Å². The Morgan fingerprint density at radius 1 is 1.48 bits per heavy atom. The normalized spacial score (nSPS) is 20.7. The van der Waals surface area contributed by atoms with E-state index in [1.165, 1.54) is 11.3 Å². The number of carbonyl (C=O) groups excluding carboxylic acids is 1. The van der Waals surface area contributed by atoms with E-state index >= 15 is 0 Å². The number of carboxylic acid groups (broad SMARTS) is 1. The first-order chi connectivity index (χ1) is 10.8. The third-order valence-electron chi connectivity index (χ3n) is 3.59. The lowest BCUT2D eigenvalue weighted by Crippen LogP contribution is -2.50. The standard InChI is InChI=1S/C16H24N2O4S/c1-16(2,3)22-15(21)17-11-6-4-8-18(10-11)13(14(19)20)12-7-5-9-23-12/h5,7,9,11,13H,4,6,8,10H2,1-3H3,(H,17,21)(H,19,20)/t11-,13-/m1/s1. The number of rotatable bonds is 4. The molecule has 0 spiro atoms. The summed E-state index contributed by atoms with van der Waals surface area (Å²) in [5.41, 5.74) is -0.543. The average molecular weight is 340 g/mol. The lowest BCUT2D eigenvalue weighted by Gasteiger charge is -2.36. The zero-order chi connectivity index (χ0) is 17.0. The second-order valence-electron chi connectivity index (χ2n) is 6.74. The molecule has 1 fully saturated rings. The maximum Gasteiger partial charge on any atom is 0.407 e. The number of likely N-dealkylation sites (tertiary alicyclic amines) is 1. The molecule has 23 heavy (non-hydrogen) atoms. The van der Waals surface area contributed by atoms with Gasteiger partial charge in [-0.3, -0.25) is 9.69 Å². The van der Waals surface area contributed by atoms with Gasteiger partial charge in [0, 0.05) is 17.5 Å². The summed E-state index contributed by atoms with van der Waals surface area (Å²) in [6.45, 7) is 6.67. The number of hydrogen-bond donors (Lipinski definition) is 2. The molecule has 1 saturated heterocycles. The topological polar surface area (TPSA) is 78.9 Å². The summed E-state index contributed by atoms with van der Waals surface area (Å²) >= 11 is 1.44. The zero-order valence-electron chi connectivity index (χ0n) is 13.7. The van der Waals surface area contributed by atoms with Gasteiger partial charge in [-0.1, -0.05) is 6.07 Å². The van der Waals surface area contributed by atoms with Crippen molar-refractivity contribution in [2.45, 2.75) is 51.3 Å². The maximum atomic E-state index is 11.9. The zero-order valence-corrected chi connectivity index (χ0v) is 14.6. The Hall–Kier alpha value is -1.60. The fourth-order valence-corrected chi connectivity index (χ4v) is 3.59. The van der Waals surface area contributed by atoms with E-state index in [1.807, 2.05) is 43.2 Å². The molecule has 1 aliphatic rings. The maximum absolute atomic E-state index is 11.9. The molecule has 0 saturated carbocycles. The smallest absolute Gasteiger partial charge is 0.407 e. The molecule has 0 bridgehead atoms. The molecule has 2 rings (SSSR count). The number of nitrogens with one attached hydrogen (secondary N) is 1. The lowest BCUT2D eigenvalue weighted by molar-refractivity contribution is -0.144. The molecule has 0 aliphatic carbocycles. The molecule has 2 heterocycles. The van der Waals surface area contributed by atoms with Crippen LogP contribution >= 0.6 is 11.3 Å².